The molecule has 1 rings (SSSR count). The van der Waals surface area contributed by atoms with Gasteiger partial charge in [-0.3, -0.25) is 10.2 Å². The van der Waals surface area contributed by atoms with E-state index in [-0.39, 0.29) is 0 Å². The van der Waals surface area contributed by atoms with Crippen molar-refractivity contribution in [3.8, 4) is 0 Å². The number of hydrazine groups is 1. The van der Waals surface area contributed by atoms with Crippen molar-refractivity contribution in [2.45, 2.75) is 10.3 Å². The predicted octanol–water partition coefficient (Wildman–Crippen LogP) is 0.255. The maximum atomic E-state index is 12.9. The number of carbonyl (C=O) groups excluding carboxylic acids is 1. The van der Waals surface area contributed by atoms with Crippen molar-refractivity contribution in [3.05, 3.63) is 5.51 Å². The van der Waals surface area contributed by atoms with Gasteiger partial charge in [0, 0.05) is 0 Å². The van der Waals surface area contributed by atoms with Crippen LogP contribution in [0.1, 0.15) is 0 Å². The summed E-state index contributed by atoms with van der Waals surface area (Å²) in [6, 6.07) is 0. The van der Waals surface area contributed by atoms with Gasteiger partial charge in [0.05, 0.1) is 5.75 Å². The van der Waals surface area contributed by atoms with Crippen LogP contribution in [0.15, 0.2) is 9.85 Å². The highest BCUT2D eigenvalue weighted by Gasteiger charge is 2.38. The number of hydrogen-bond acceptors (Lipinski definition) is 6. The molecule has 14 heavy (non-hydrogen) atoms. The third kappa shape index (κ3) is 2.86. The van der Waals surface area contributed by atoms with Crippen molar-refractivity contribution in [1.82, 2.24) is 15.6 Å². The first kappa shape index (κ1) is 11.3. The van der Waals surface area contributed by atoms with Gasteiger partial charge in [-0.05, 0) is 0 Å². The molecule has 0 spiro atoms. The summed E-state index contributed by atoms with van der Waals surface area (Å²) in [5.41, 5.74) is 2.82. The molecule has 0 saturated carbocycles. The highest BCUT2D eigenvalue weighted by atomic mass is 32.2. The minimum atomic E-state index is -3.49. The second kappa shape index (κ2) is 4.62. The van der Waals surface area contributed by atoms with Crippen LogP contribution in [0, 0.1) is 0 Å². The SMILES string of the molecule is NNC(=O)C(F)(F)CSc1nncs1. The zero-order chi connectivity index (χ0) is 10.6. The summed E-state index contributed by atoms with van der Waals surface area (Å²) in [5, 5.41) is 7.01. The highest BCUT2D eigenvalue weighted by Crippen LogP contribution is 2.26. The summed E-state index contributed by atoms with van der Waals surface area (Å²) in [6.45, 7) is 0. The molecule has 0 atom stereocenters. The van der Waals surface area contributed by atoms with E-state index in [0.29, 0.717) is 4.34 Å². The Morgan fingerprint density at radius 2 is 2.50 bits per heavy atom. The molecule has 0 aliphatic rings. The van der Waals surface area contributed by atoms with Gasteiger partial charge in [-0.1, -0.05) is 23.1 Å². The van der Waals surface area contributed by atoms with E-state index in [1.165, 1.54) is 10.9 Å². The van der Waals surface area contributed by atoms with E-state index in [1.807, 2.05) is 0 Å². The van der Waals surface area contributed by atoms with Crippen LogP contribution in [0.25, 0.3) is 0 Å². The summed E-state index contributed by atoms with van der Waals surface area (Å²) in [5.74, 6) is -1.11. The summed E-state index contributed by atoms with van der Waals surface area (Å²) >= 11 is 1.88. The first-order chi connectivity index (χ1) is 6.56. The van der Waals surface area contributed by atoms with Crippen LogP contribution in [0.4, 0.5) is 8.78 Å². The molecular formula is C5H6F2N4OS2. The fourth-order valence-electron chi connectivity index (χ4n) is 0.549. The molecule has 78 valence electrons. The molecule has 0 aliphatic carbocycles. The third-order valence-electron chi connectivity index (χ3n) is 1.18. The Kier molecular flexibility index (Phi) is 3.72. The smallest absolute Gasteiger partial charge is 0.289 e. The molecule has 0 aliphatic heterocycles. The fourth-order valence-corrected chi connectivity index (χ4v) is 1.95. The fraction of sp³-hybridized carbons (Fsp3) is 0.400. The van der Waals surface area contributed by atoms with Gasteiger partial charge in [-0.2, -0.15) is 8.78 Å². The van der Waals surface area contributed by atoms with Gasteiger partial charge >= 0.3 is 11.8 Å². The number of nitrogens with two attached hydrogens (primary N) is 1. The number of alkyl halides is 2. The van der Waals surface area contributed by atoms with Crippen molar-refractivity contribution < 1.29 is 13.6 Å². The van der Waals surface area contributed by atoms with Gasteiger partial charge in [0.15, 0.2) is 4.34 Å². The van der Waals surface area contributed by atoms with Crippen molar-refractivity contribution >= 4 is 29.0 Å². The molecule has 1 aromatic rings. The van der Waals surface area contributed by atoms with E-state index in [0.717, 1.165) is 23.1 Å². The van der Waals surface area contributed by atoms with Gasteiger partial charge in [0.2, 0.25) is 0 Å². The predicted molar refractivity (Wildman–Crippen MR) is 47.9 cm³/mol. The average molecular weight is 240 g/mol. The van der Waals surface area contributed by atoms with Crippen LogP contribution in [-0.4, -0.2) is 27.8 Å². The molecule has 0 radical (unpaired) electrons. The number of amides is 1. The molecule has 5 nitrogen and oxygen atoms in total. The van der Waals surface area contributed by atoms with Crippen LogP contribution in [-0.2, 0) is 4.79 Å². The van der Waals surface area contributed by atoms with E-state index in [4.69, 9.17) is 0 Å². The number of carbonyl (C=O) groups is 1. The van der Waals surface area contributed by atoms with E-state index in [2.05, 4.69) is 16.0 Å². The molecule has 0 fully saturated rings. The lowest BCUT2D eigenvalue weighted by Crippen LogP contribution is -2.45. The molecule has 1 aromatic heterocycles. The van der Waals surface area contributed by atoms with Crippen LogP contribution in [0.2, 0.25) is 0 Å². The van der Waals surface area contributed by atoms with Gasteiger partial charge in [-0.15, -0.1) is 10.2 Å². The average Bonchev–Trinajstić information content (AvgIpc) is 2.66. The largest absolute Gasteiger partial charge is 0.335 e. The zero-order valence-electron chi connectivity index (χ0n) is 6.74. The minimum absolute atomic E-state index is 0.384. The summed E-state index contributed by atoms with van der Waals surface area (Å²) in [4.78, 5) is 10.6. The number of halogens is 2. The molecule has 0 saturated heterocycles. The molecule has 3 N–H and O–H groups in total. The maximum absolute atomic E-state index is 12.9. The van der Waals surface area contributed by atoms with E-state index < -0.39 is 17.6 Å². The Bertz CT molecular complexity index is 305. The van der Waals surface area contributed by atoms with Crippen molar-refractivity contribution in [1.29, 1.82) is 0 Å². The normalized spacial score (nSPS) is 11.4. The van der Waals surface area contributed by atoms with Crippen LogP contribution in [0.3, 0.4) is 0 Å². The molecule has 0 bridgehead atoms. The lowest BCUT2D eigenvalue weighted by Gasteiger charge is -2.11. The number of aromatic nitrogens is 2. The zero-order valence-corrected chi connectivity index (χ0v) is 8.37. The lowest BCUT2D eigenvalue weighted by atomic mass is 10.4. The third-order valence-corrected chi connectivity index (χ3v) is 3.14. The number of thioether (sulfide) groups is 1. The Labute approximate surface area is 86.0 Å². The Morgan fingerprint density at radius 3 is 3.00 bits per heavy atom. The standard InChI is InChI=1S/C5H6F2N4OS2/c6-5(7,3(12)10-8)1-13-4-11-9-2-14-4/h2H,1,8H2,(H,10,12). The maximum Gasteiger partial charge on any atom is 0.335 e. The number of nitrogens with one attached hydrogen (secondary N) is 1. The first-order valence-corrected chi connectivity index (χ1v) is 5.20. The highest BCUT2D eigenvalue weighted by molar-refractivity contribution is 8.01. The van der Waals surface area contributed by atoms with Crippen molar-refractivity contribution in [2.75, 3.05) is 5.75 Å². The van der Waals surface area contributed by atoms with Crippen molar-refractivity contribution in [2.24, 2.45) is 5.84 Å². The van der Waals surface area contributed by atoms with Gasteiger partial charge in [0.25, 0.3) is 0 Å². The van der Waals surface area contributed by atoms with E-state index in [1.54, 1.807) is 0 Å². The Hall–Kier alpha value is -0.800. The van der Waals surface area contributed by atoms with Crippen LogP contribution in [0.5, 0.6) is 0 Å². The van der Waals surface area contributed by atoms with Gasteiger partial charge in [-0.25, -0.2) is 5.84 Å². The van der Waals surface area contributed by atoms with E-state index >= 15 is 0 Å². The summed E-state index contributed by atoms with van der Waals surface area (Å²) in [7, 11) is 0. The lowest BCUT2D eigenvalue weighted by molar-refractivity contribution is -0.142. The molecule has 1 amide bonds. The molecule has 0 unspecified atom stereocenters. The van der Waals surface area contributed by atoms with Gasteiger partial charge < -0.3 is 0 Å². The van der Waals surface area contributed by atoms with Crippen LogP contribution >= 0.6 is 23.1 Å². The second-order valence-corrected chi connectivity index (χ2v) is 4.23. The summed E-state index contributed by atoms with van der Waals surface area (Å²) < 4.78 is 26.1. The quantitative estimate of drug-likeness (QED) is 0.341. The Balaban J connectivity index is 2.48. The monoisotopic (exact) mass is 240 g/mol. The first-order valence-electron chi connectivity index (χ1n) is 3.34. The summed E-state index contributed by atoms with van der Waals surface area (Å²) in [6.07, 6.45) is 0. The number of nitrogens with zero attached hydrogens (tertiary/aromatic N) is 2. The topological polar surface area (TPSA) is 80.9 Å². The second-order valence-electron chi connectivity index (χ2n) is 2.17. The Morgan fingerprint density at radius 1 is 1.79 bits per heavy atom. The van der Waals surface area contributed by atoms with E-state index in [9.17, 15) is 13.6 Å². The molecule has 1 heterocycles. The molecule has 0 aromatic carbocycles. The number of rotatable bonds is 4. The van der Waals surface area contributed by atoms with Crippen LogP contribution < -0.4 is 11.3 Å². The van der Waals surface area contributed by atoms with Crippen molar-refractivity contribution in [3.63, 3.8) is 0 Å². The van der Waals surface area contributed by atoms with Gasteiger partial charge in [0.1, 0.15) is 5.51 Å². The molecular weight excluding hydrogens is 234 g/mol. The molecule has 9 heteroatoms. The minimum Gasteiger partial charge on any atom is -0.289 e. The number of hydrogen-bond donors (Lipinski definition) is 2.